The second-order valence-electron chi connectivity index (χ2n) is 4.25. The van der Waals surface area contributed by atoms with E-state index >= 15 is 0 Å². The second-order valence-corrected chi connectivity index (χ2v) is 4.25. The Balaban J connectivity index is 2.92. The van der Waals surface area contributed by atoms with Crippen molar-refractivity contribution in [2.75, 3.05) is 6.54 Å². The molecule has 0 saturated carbocycles. The first kappa shape index (κ1) is 15.6. The molecule has 1 heterocycles. The van der Waals surface area contributed by atoms with Crippen molar-refractivity contribution in [1.82, 2.24) is 0 Å². The van der Waals surface area contributed by atoms with Crippen LogP contribution in [0.4, 0.5) is 0 Å². The van der Waals surface area contributed by atoms with Crippen LogP contribution in [-0.4, -0.2) is 63.1 Å². The van der Waals surface area contributed by atoms with E-state index < -0.39 is 42.5 Å². The first-order valence-corrected chi connectivity index (χ1v) is 5.47. The zero-order chi connectivity index (χ0) is 14.6. The van der Waals surface area contributed by atoms with Crippen molar-refractivity contribution in [3.63, 3.8) is 0 Å². The van der Waals surface area contributed by atoms with E-state index in [0.717, 1.165) is 0 Å². The molecule has 0 spiro atoms. The molecule has 1 aliphatic heterocycles. The molecular formula is C9H14N2O8. The van der Waals surface area contributed by atoms with Crippen LogP contribution < -0.4 is 0 Å². The predicted molar refractivity (Wildman–Crippen MR) is 59.0 cm³/mol. The number of aliphatic hydroxyl groups is 3. The highest BCUT2D eigenvalue weighted by Gasteiger charge is 2.52. The fourth-order valence-corrected chi connectivity index (χ4v) is 1.87. The Hall–Kier alpha value is -1.49. The molecule has 0 bridgehead atoms. The van der Waals surface area contributed by atoms with E-state index in [2.05, 4.69) is 10.4 Å². The van der Waals surface area contributed by atoms with E-state index in [4.69, 9.17) is 9.84 Å². The van der Waals surface area contributed by atoms with E-state index in [1.807, 2.05) is 0 Å². The minimum Gasteiger partial charge on any atom is -0.477 e. The van der Waals surface area contributed by atoms with Gasteiger partial charge in [0.2, 0.25) is 0 Å². The summed E-state index contributed by atoms with van der Waals surface area (Å²) in [6.07, 6.45) is -5.69. The van der Waals surface area contributed by atoms with Crippen LogP contribution in [0, 0.1) is 9.81 Å². The quantitative estimate of drug-likeness (QED) is 0.428. The van der Waals surface area contributed by atoms with Crippen molar-refractivity contribution in [3.05, 3.63) is 9.81 Å². The Morgan fingerprint density at radius 1 is 1.42 bits per heavy atom. The van der Waals surface area contributed by atoms with Crippen LogP contribution in [0.1, 0.15) is 12.8 Å². The van der Waals surface area contributed by atoms with E-state index in [1.165, 1.54) is 0 Å². The summed E-state index contributed by atoms with van der Waals surface area (Å²) in [4.78, 5) is 31.5. The number of nitroso groups, excluding NO2 is 2. The number of carboxylic acid groups (broad SMARTS) is 1. The lowest BCUT2D eigenvalue weighted by Crippen LogP contribution is -2.61. The molecule has 1 rings (SSSR count). The summed E-state index contributed by atoms with van der Waals surface area (Å²) >= 11 is 0. The van der Waals surface area contributed by atoms with Crippen molar-refractivity contribution in [2.45, 2.75) is 43.0 Å². The lowest BCUT2D eigenvalue weighted by Gasteiger charge is -2.41. The topological polar surface area (TPSA) is 166 Å². The maximum atomic E-state index is 10.9. The average molecular weight is 278 g/mol. The van der Waals surface area contributed by atoms with Crippen LogP contribution in [0.5, 0.6) is 0 Å². The van der Waals surface area contributed by atoms with Gasteiger partial charge in [0.05, 0.1) is 12.6 Å². The van der Waals surface area contributed by atoms with Gasteiger partial charge in [0.1, 0.15) is 18.2 Å². The number of aliphatic hydroxyl groups excluding tert-OH is 2. The van der Waals surface area contributed by atoms with E-state index in [-0.39, 0.29) is 13.0 Å². The molecule has 1 saturated heterocycles. The van der Waals surface area contributed by atoms with Gasteiger partial charge in [-0.2, -0.15) is 9.81 Å². The molecule has 0 amide bonds. The zero-order valence-corrected chi connectivity index (χ0v) is 9.75. The maximum absolute atomic E-state index is 10.9. The number of rotatable bonds is 6. The molecule has 0 aromatic carbocycles. The zero-order valence-electron chi connectivity index (χ0n) is 9.75. The average Bonchev–Trinajstić information content (AvgIpc) is 2.35. The number of hydrogen-bond donors (Lipinski definition) is 4. The van der Waals surface area contributed by atoms with Gasteiger partial charge in [0.15, 0.2) is 0 Å². The summed E-state index contributed by atoms with van der Waals surface area (Å²) < 4.78 is 4.78. The fraction of sp³-hybridized carbons (Fsp3) is 0.889. The van der Waals surface area contributed by atoms with Crippen molar-refractivity contribution in [3.8, 4) is 0 Å². The Morgan fingerprint density at radius 2 is 2.05 bits per heavy atom. The van der Waals surface area contributed by atoms with Gasteiger partial charge in [-0.3, -0.25) is 0 Å². The number of hydrogen-bond acceptors (Lipinski definition) is 9. The van der Waals surface area contributed by atoms with E-state index in [0.29, 0.717) is 0 Å². The Bertz CT molecular complexity index is 364. The van der Waals surface area contributed by atoms with Crippen molar-refractivity contribution >= 4 is 5.97 Å². The van der Waals surface area contributed by atoms with Gasteiger partial charge in [-0.25, -0.2) is 4.79 Å². The van der Waals surface area contributed by atoms with Crippen molar-refractivity contribution < 1.29 is 30.0 Å². The van der Waals surface area contributed by atoms with Crippen LogP contribution in [-0.2, 0) is 9.53 Å². The van der Waals surface area contributed by atoms with Crippen LogP contribution >= 0.6 is 0 Å². The van der Waals surface area contributed by atoms with Gasteiger partial charge >= 0.3 is 5.97 Å². The summed E-state index contributed by atoms with van der Waals surface area (Å²) in [6.45, 7) is -0.301. The molecule has 19 heavy (non-hydrogen) atoms. The van der Waals surface area contributed by atoms with Gasteiger partial charge in [-0.1, -0.05) is 10.4 Å². The minimum absolute atomic E-state index is 0.197. The van der Waals surface area contributed by atoms with E-state index in [9.17, 15) is 29.9 Å². The summed E-state index contributed by atoms with van der Waals surface area (Å²) in [7, 11) is 0. The smallest absolute Gasteiger partial charge is 0.364 e. The summed E-state index contributed by atoms with van der Waals surface area (Å²) in [5.74, 6) is -4.48. The normalized spacial score (nSPS) is 36.5. The lowest BCUT2D eigenvalue weighted by atomic mass is 9.91. The lowest BCUT2D eigenvalue weighted by molar-refractivity contribution is -0.296. The molecule has 0 aromatic rings. The molecule has 108 valence electrons. The molecule has 0 radical (unpaired) electrons. The number of carboxylic acids is 1. The third kappa shape index (κ3) is 3.29. The molecule has 5 atom stereocenters. The van der Waals surface area contributed by atoms with Gasteiger partial charge in [-0.05, 0) is 6.42 Å². The monoisotopic (exact) mass is 278 g/mol. The number of aliphatic carboxylic acids is 1. The predicted octanol–water partition coefficient (Wildman–Crippen LogP) is -1.44. The summed E-state index contributed by atoms with van der Waals surface area (Å²) in [6, 6.07) is -1.31. The van der Waals surface area contributed by atoms with Crippen molar-refractivity contribution in [1.29, 1.82) is 0 Å². The number of nitrogens with zero attached hydrogens (tertiary/aromatic N) is 2. The van der Waals surface area contributed by atoms with Crippen LogP contribution in [0.3, 0.4) is 0 Å². The van der Waals surface area contributed by atoms with Crippen LogP contribution in [0.15, 0.2) is 10.4 Å². The molecule has 4 N–H and O–H groups in total. The third-order valence-corrected chi connectivity index (χ3v) is 2.91. The number of ether oxygens (including phenoxy) is 1. The molecule has 1 fully saturated rings. The SMILES string of the molecule is O=NCC[C@H](N=O)C1OC(O)(C(=O)O)CC(O)C1O. The van der Waals surface area contributed by atoms with Crippen LogP contribution in [0.2, 0.25) is 0 Å². The Kier molecular flexibility index (Phi) is 5.00. The minimum atomic E-state index is -2.72. The molecule has 10 heteroatoms. The standard InChI is InChI=1S/C9H14N2O8/c12-5-3-9(16,8(14)15)19-7(6(5)13)4(11-18)1-2-10-17/h4-7,12-13,16H,1-3H2,(H,14,15)/t4-,5?,6?,7?,9?/m0/s1. The highest BCUT2D eigenvalue weighted by Crippen LogP contribution is 2.31. The number of carbonyl (C=O) groups is 1. The molecule has 0 aromatic heterocycles. The first-order valence-electron chi connectivity index (χ1n) is 5.47. The molecular weight excluding hydrogens is 264 g/mol. The second kappa shape index (κ2) is 6.10. The van der Waals surface area contributed by atoms with Gasteiger partial charge < -0.3 is 25.2 Å². The summed E-state index contributed by atoms with van der Waals surface area (Å²) in [5, 5.41) is 42.8. The van der Waals surface area contributed by atoms with Crippen LogP contribution in [0.25, 0.3) is 0 Å². The van der Waals surface area contributed by atoms with E-state index in [1.54, 1.807) is 0 Å². The first-order chi connectivity index (χ1) is 8.85. The highest BCUT2D eigenvalue weighted by atomic mass is 16.7. The van der Waals surface area contributed by atoms with Crippen molar-refractivity contribution in [2.24, 2.45) is 10.4 Å². The molecule has 4 unspecified atom stereocenters. The summed E-state index contributed by atoms with van der Waals surface area (Å²) in [5.41, 5.74) is 0. The molecule has 0 aliphatic carbocycles. The largest absolute Gasteiger partial charge is 0.477 e. The maximum Gasteiger partial charge on any atom is 0.364 e. The third-order valence-electron chi connectivity index (χ3n) is 2.91. The molecule has 10 nitrogen and oxygen atoms in total. The molecule has 1 aliphatic rings. The Morgan fingerprint density at radius 3 is 2.53 bits per heavy atom. The fourth-order valence-electron chi connectivity index (χ4n) is 1.87. The Labute approximate surface area is 106 Å². The highest BCUT2D eigenvalue weighted by molar-refractivity contribution is 5.75. The van der Waals surface area contributed by atoms with Gasteiger partial charge in [0.25, 0.3) is 5.79 Å². The van der Waals surface area contributed by atoms with Gasteiger partial charge in [0, 0.05) is 6.42 Å². The van der Waals surface area contributed by atoms with Gasteiger partial charge in [-0.15, -0.1) is 0 Å².